The standard InChI is InChI=1S/C17H21Cl2NO5S/c18-15-4-3-13(8-16(15)19)25-10-17(21)20(9-14-2-1-6-24-14)12-5-7-26(22,23)11-12/h3-4,8,12,14H,1-2,5-7,9-11H2/t12-,14+/m0/s1. The highest BCUT2D eigenvalue weighted by Crippen LogP contribution is 2.27. The van der Waals surface area contributed by atoms with E-state index < -0.39 is 9.84 Å². The average Bonchev–Trinajstić information content (AvgIpc) is 3.22. The quantitative estimate of drug-likeness (QED) is 0.705. The smallest absolute Gasteiger partial charge is 0.260 e. The van der Waals surface area contributed by atoms with Crippen LogP contribution >= 0.6 is 23.2 Å². The van der Waals surface area contributed by atoms with Crippen LogP contribution in [0.15, 0.2) is 18.2 Å². The molecule has 2 aliphatic heterocycles. The molecule has 0 radical (unpaired) electrons. The summed E-state index contributed by atoms with van der Waals surface area (Å²) in [7, 11) is -3.09. The Bertz CT molecular complexity index is 764. The number of halogens is 2. The Balaban J connectivity index is 1.66. The first-order valence-electron chi connectivity index (χ1n) is 8.53. The molecular weight excluding hydrogens is 401 g/mol. The van der Waals surface area contributed by atoms with Crippen molar-refractivity contribution < 1.29 is 22.7 Å². The molecule has 2 fully saturated rings. The lowest BCUT2D eigenvalue weighted by atomic mass is 10.1. The monoisotopic (exact) mass is 421 g/mol. The highest BCUT2D eigenvalue weighted by atomic mass is 35.5. The molecule has 0 aromatic heterocycles. The van der Waals surface area contributed by atoms with Gasteiger partial charge in [0.1, 0.15) is 5.75 Å². The fourth-order valence-electron chi connectivity index (χ4n) is 3.28. The van der Waals surface area contributed by atoms with Crippen LogP contribution < -0.4 is 4.74 Å². The summed E-state index contributed by atoms with van der Waals surface area (Å²) in [5.41, 5.74) is 0. The summed E-state index contributed by atoms with van der Waals surface area (Å²) >= 11 is 11.8. The zero-order valence-corrected chi connectivity index (χ0v) is 16.5. The summed E-state index contributed by atoms with van der Waals surface area (Å²) in [6, 6.07) is 4.44. The van der Waals surface area contributed by atoms with Crippen LogP contribution in [0.2, 0.25) is 10.0 Å². The van der Waals surface area contributed by atoms with Gasteiger partial charge in [-0.3, -0.25) is 4.79 Å². The second-order valence-electron chi connectivity index (χ2n) is 6.60. The molecule has 144 valence electrons. The predicted molar refractivity (Wildman–Crippen MR) is 99.7 cm³/mol. The van der Waals surface area contributed by atoms with Gasteiger partial charge in [-0.25, -0.2) is 8.42 Å². The normalized spacial score (nSPS) is 24.5. The maximum Gasteiger partial charge on any atom is 0.260 e. The molecule has 26 heavy (non-hydrogen) atoms. The second-order valence-corrected chi connectivity index (χ2v) is 9.65. The number of amides is 1. The first-order chi connectivity index (χ1) is 12.3. The van der Waals surface area contributed by atoms with E-state index in [1.165, 1.54) is 0 Å². The molecule has 0 bridgehead atoms. The molecule has 1 aromatic carbocycles. The molecule has 2 heterocycles. The van der Waals surface area contributed by atoms with E-state index in [0.29, 0.717) is 35.4 Å². The van der Waals surface area contributed by atoms with Crippen molar-refractivity contribution in [1.29, 1.82) is 0 Å². The molecule has 2 aliphatic rings. The lowest BCUT2D eigenvalue weighted by Crippen LogP contribution is -2.47. The fourth-order valence-corrected chi connectivity index (χ4v) is 5.30. The summed E-state index contributed by atoms with van der Waals surface area (Å²) in [6.07, 6.45) is 2.23. The molecule has 0 unspecified atom stereocenters. The number of carbonyl (C=O) groups excluding carboxylic acids is 1. The van der Waals surface area contributed by atoms with Gasteiger partial charge in [0.15, 0.2) is 16.4 Å². The zero-order valence-electron chi connectivity index (χ0n) is 14.2. The van der Waals surface area contributed by atoms with Crippen LogP contribution in [0.25, 0.3) is 0 Å². The van der Waals surface area contributed by atoms with Gasteiger partial charge in [0, 0.05) is 25.3 Å². The maximum absolute atomic E-state index is 12.7. The Hall–Kier alpha value is -1.02. The zero-order chi connectivity index (χ0) is 18.7. The van der Waals surface area contributed by atoms with Crippen molar-refractivity contribution in [2.75, 3.05) is 31.3 Å². The molecule has 1 amide bonds. The van der Waals surface area contributed by atoms with E-state index in [0.717, 1.165) is 12.8 Å². The topological polar surface area (TPSA) is 72.9 Å². The van der Waals surface area contributed by atoms with E-state index in [2.05, 4.69) is 0 Å². The summed E-state index contributed by atoms with van der Waals surface area (Å²) < 4.78 is 34.8. The Morgan fingerprint density at radius 1 is 1.27 bits per heavy atom. The molecule has 9 heteroatoms. The van der Waals surface area contributed by atoms with Gasteiger partial charge in [-0.1, -0.05) is 23.2 Å². The summed E-state index contributed by atoms with van der Waals surface area (Å²) in [4.78, 5) is 14.4. The Labute approximate surface area is 163 Å². The number of ether oxygens (including phenoxy) is 2. The van der Waals surface area contributed by atoms with Gasteiger partial charge < -0.3 is 14.4 Å². The SMILES string of the molecule is O=C(COc1ccc(Cl)c(Cl)c1)N(C[C@H]1CCCO1)[C@H]1CCS(=O)(=O)C1. The number of hydrogen-bond acceptors (Lipinski definition) is 5. The van der Waals surface area contributed by atoms with E-state index in [1.54, 1.807) is 23.1 Å². The van der Waals surface area contributed by atoms with E-state index >= 15 is 0 Å². The van der Waals surface area contributed by atoms with E-state index in [-0.39, 0.29) is 36.2 Å². The number of hydrogen-bond donors (Lipinski definition) is 0. The lowest BCUT2D eigenvalue weighted by molar-refractivity contribution is -0.137. The van der Waals surface area contributed by atoms with E-state index in [1.807, 2.05) is 0 Å². The van der Waals surface area contributed by atoms with Gasteiger partial charge in [-0.05, 0) is 31.4 Å². The average molecular weight is 422 g/mol. The summed E-state index contributed by atoms with van der Waals surface area (Å²) in [5, 5.41) is 0.747. The molecule has 2 saturated heterocycles. The van der Waals surface area contributed by atoms with E-state index in [4.69, 9.17) is 32.7 Å². The molecule has 0 N–H and O–H groups in total. The molecule has 1 aromatic rings. The van der Waals surface area contributed by atoms with E-state index in [9.17, 15) is 13.2 Å². The van der Waals surface area contributed by atoms with Crippen LogP contribution in [0, 0.1) is 0 Å². The van der Waals surface area contributed by atoms with Gasteiger partial charge in [0.25, 0.3) is 5.91 Å². The van der Waals surface area contributed by atoms with Gasteiger partial charge in [-0.2, -0.15) is 0 Å². The van der Waals surface area contributed by atoms with Crippen molar-refractivity contribution >= 4 is 38.9 Å². The molecule has 0 spiro atoms. The van der Waals surface area contributed by atoms with Crippen molar-refractivity contribution in [3.05, 3.63) is 28.2 Å². The van der Waals surface area contributed by atoms with Gasteiger partial charge >= 0.3 is 0 Å². The van der Waals surface area contributed by atoms with Crippen LogP contribution in [-0.4, -0.2) is 62.6 Å². The number of rotatable bonds is 6. The third kappa shape index (κ3) is 5.03. The Morgan fingerprint density at radius 3 is 2.69 bits per heavy atom. The fraction of sp³-hybridized carbons (Fsp3) is 0.588. The van der Waals surface area contributed by atoms with Crippen LogP contribution in [-0.2, 0) is 19.4 Å². The van der Waals surface area contributed by atoms with Crippen molar-refractivity contribution in [2.45, 2.75) is 31.4 Å². The molecular formula is C17H21Cl2NO5S. The van der Waals surface area contributed by atoms with Crippen molar-refractivity contribution in [1.82, 2.24) is 4.90 Å². The molecule has 0 saturated carbocycles. The largest absolute Gasteiger partial charge is 0.484 e. The summed E-state index contributed by atoms with van der Waals surface area (Å²) in [6.45, 7) is 0.875. The van der Waals surface area contributed by atoms with Crippen LogP contribution in [0.3, 0.4) is 0 Å². The first-order valence-corrected chi connectivity index (χ1v) is 11.1. The number of benzene rings is 1. The minimum Gasteiger partial charge on any atom is -0.484 e. The highest BCUT2D eigenvalue weighted by Gasteiger charge is 2.36. The third-order valence-electron chi connectivity index (χ3n) is 4.65. The van der Waals surface area contributed by atoms with Crippen molar-refractivity contribution in [2.24, 2.45) is 0 Å². The molecule has 6 nitrogen and oxygen atoms in total. The Morgan fingerprint density at radius 2 is 2.08 bits per heavy atom. The molecule has 3 rings (SSSR count). The van der Waals surface area contributed by atoms with Gasteiger partial charge in [0.2, 0.25) is 0 Å². The van der Waals surface area contributed by atoms with Crippen molar-refractivity contribution in [3.63, 3.8) is 0 Å². The van der Waals surface area contributed by atoms with Gasteiger partial charge in [-0.15, -0.1) is 0 Å². The third-order valence-corrected chi connectivity index (χ3v) is 7.14. The maximum atomic E-state index is 12.7. The number of carbonyl (C=O) groups is 1. The Kier molecular flexibility index (Phi) is 6.33. The summed E-state index contributed by atoms with van der Waals surface area (Å²) in [5.74, 6) is 0.288. The van der Waals surface area contributed by atoms with Crippen LogP contribution in [0.1, 0.15) is 19.3 Å². The van der Waals surface area contributed by atoms with Gasteiger partial charge in [0.05, 0.1) is 27.7 Å². The first kappa shape index (κ1) is 19.7. The molecule has 2 atom stereocenters. The van der Waals surface area contributed by atoms with Crippen molar-refractivity contribution in [3.8, 4) is 5.75 Å². The predicted octanol–water partition coefficient (Wildman–Crippen LogP) is 2.57. The lowest BCUT2D eigenvalue weighted by Gasteiger charge is -2.30. The number of nitrogens with zero attached hydrogens (tertiary/aromatic N) is 1. The number of sulfone groups is 1. The second kappa shape index (κ2) is 8.33. The minimum atomic E-state index is -3.09. The van der Waals surface area contributed by atoms with Crippen LogP contribution in [0.5, 0.6) is 5.75 Å². The highest BCUT2D eigenvalue weighted by molar-refractivity contribution is 7.91. The minimum absolute atomic E-state index is 0.00175. The van der Waals surface area contributed by atoms with Crippen LogP contribution in [0.4, 0.5) is 0 Å². The molecule has 0 aliphatic carbocycles.